The van der Waals surface area contributed by atoms with Crippen molar-refractivity contribution in [3.8, 4) is 0 Å². The van der Waals surface area contributed by atoms with Crippen molar-refractivity contribution >= 4 is 23.6 Å². The molecule has 7 heteroatoms. The van der Waals surface area contributed by atoms with Crippen molar-refractivity contribution in [2.75, 3.05) is 7.11 Å². The lowest BCUT2D eigenvalue weighted by Crippen LogP contribution is -2.15. The number of methoxy groups -OCH3 is 1. The Morgan fingerprint density at radius 3 is 2.76 bits per heavy atom. The maximum absolute atomic E-state index is 11.9. The van der Waals surface area contributed by atoms with Gasteiger partial charge in [0.1, 0.15) is 0 Å². The Morgan fingerprint density at radius 2 is 2.14 bits per heavy atom. The highest BCUT2D eigenvalue weighted by Crippen LogP contribution is 2.25. The second-order valence-electron chi connectivity index (χ2n) is 4.36. The van der Waals surface area contributed by atoms with E-state index in [2.05, 4.69) is 10.1 Å². The average molecular weight is 288 g/mol. The fourth-order valence-corrected chi connectivity index (χ4v) is 2.01. The van der Waals surface area contributed by atoms with Crippen LogP contribution in [0.1, 0.15) is 12.5 Å². The number of nitrogens with one attached hydrogen (secondary N) is 1. The molecule has 0 atom stereocenters. The molecule has 0 spiro atoms. The number of allylic oxidation sites excluding steroid dienone is 1. The van der Waals surface area contributed by atoms with Gasteiger partial charge in [0.2, 0.25) is 0 Å². The highest BCUT2D eigenvalue weighted by atomic mass is 16.6. The molecular weight excluding hydrogens is 276 g/mol. The third kappa shape index (κ3) is 2.81. The molecule has 1 amide bonds. The van der Waals surface area contributed by atoms with Gasteiger partial charge in [0, 0.05) is 17.8 Å². The zero-order valence-corrected chi connectivity index (χ0v) is 11.4. The van der Waals surface area contributed by atoms with Gasteiger partial charge < -0.3 is 10.1 Å². The quantitative estimate of drug-likeness (QED) is 0.394. The molecule has 2 rings (SSSR count). The van der Waals surface area contributed by atoms with Crippen LogP contribution in [0.4, 0.5) is 5.69 Å². The molecule has 21 heavy (non-hydrogen) atoms. The number of nitro benzene ring substituents is 1. The Bertz CT molecular complexity index is 703. The molecule has 1 aliphatic rings. The van der Waals surface area contributed by atoms with E-state index in [9.17, 15) is 19.7 Å². The minimum Gasteiger partial charge on any atom is -0.465 e. The predicted molar refractivity (Wildman–Crippen MR) is 73.9 cm³/mol. The van der Waals surface area contributed by atoms with E-state index in [0.717, 1.165) is 0 Å². The Balaban J connectivity index is 2.48. The molecule has 0 saturated heterocycles. The maximum Gasteiger partial charge on any atom is 0.340 e. The predicted octanol–water partition coefficient (Wildman–Crippen LogP) is 1.55. The Morgan fingerprint density at radius 1 is 1.43 bits per heavy atom. The highest BCUT2D eigenvalue weighted by Gasteiger charge is 2.30. The standard InChI is InChI=1S/C14H12N2O5/c1-8-12(14(18)21-2)11(13(17)15-8)7-9-4-3-5-10(6-9)16(19)20/h3-7H,1-2H3,(H,15,17). The number of ether oxygens (including phenoxy) is 1. The molecule has 0 saturated carbocycles. The Hall–Kier alpha value is -2.96. The summed E-state index contributed by atoms with van der Waals surface area (Å²) in [4.78, 5) is 33.8. The van der Waals surface area contributed by atoms with Gasteiger partial charge >= 0.3 is 5.97 Å². The van der Waals surface area contributed by atoms with E-state index in [1.165, 1.54) is 31.4 Å². The van der Waals surface area contributed by atoms with Gasteiger partial charge in [-0.15, -0.1) is 0 Å². The monoisotopic (exact) mass is 288 g/mol. The molecule has 7 nitrogen and oxygen atoms in total. The van der Waals surface area contributed by atoms with Crippen LogP contribution >= 0.6 is 0 Å². The number of benzene rings is 1. The van der Waals surface area contributed by atoms with E-state index < -0.39 is 16.8 Å². The van der Waals surface area contributed by atoms with E-state index in [1.807, 2.05) is 0 Å². The van der Waals surface area contributed by atoms with Crippen molar-refractivity contribution in [3.63, 3.8) is 0 Å². The first-order valence-corrected chi connectivity index (χ1v) is 6.01. The normalized spacial score (nSPS) is 16.1. The lowest BCUT2D eigenvalue weighted by molar-refractivity contribution is -0.384. The van der Waals surface area contributed by atoms with Crippen molar-refractivity contribution in [2.24, 2.45) is 0 Å². The number of nitro groups is 1. The van der Waals surface area contributed by atoms with Gasteiger partial charge in [-0.2, -0.15) is 0 Å². The van der Waals surface area contributed by atoms with E-state index >= 15 is 0 Å². The highest BCUT2D eigenvalue weighted by molar-refractivity contribution is 6.16. The van der Waals surface area contributed by atoms with Gasteiger partial charge in [-0.1, -0.05) is 12.1 Å². The van der Waals surface area contributed by atoms with Crippen LogP contribution < -0.4 is 5.32 Å². The van der Waals surface area contributed by atoms with Crippen molar-refractivity contribution in [2.45, 2.75) is 6.92 Å². The van der Waals surface area contributed by atoms with Gasteiger partial charge in [0.05, 0.1) is 23.2 Å². The van der Waals surface area contributed by atoms with Gasteiger partial charge in [-0.25, -0.2) is 4.79 Å². The third-order valence-electron chi connectivity index (χ3n) is 2.97. The van der Waals surface area contributed by atoms with Gasteiger partial charge in [0.25, 0.3) is 11.6 Å². The number of hydrogen-bond acceptors (Lipinski definition) is 5. The molecule has 1 N–H and O–H groups in total. The van der Waals surface area contributed by atoms with Crippen LogP contribution in [-0.4, -0.2) is 23.9 Å². The number of carbonyl (C=O) groups is 2. The topological polar surface area (TPSA) is 98.5 Å². The fourth-order valence-electron chi connectivity index (χ4n) is 2.01. The SMILES string of the molecule is COC(=O)C1=C(C)NC(=O)C1=Cc1cccc([N+](=O)[O-])c1. The summed E-state index contributed by atoms with van der Waals surface area (Å²) in [5, 5.41) is 13.3. The van der Waals surface area contributed by atoms with E-state index in [-0.39, 0.29) is 16.8 Å². The zero-order valence-electron chi connectivity index (χ0n) is 11.4. The lowest BCUT2D eigenvalue weighted by atomic mass is 10.0. The second kappa shape index (κ2) is 5.58. The van der Waals surface area contributed by atoms with Crippen LogP contribution in [0.2, 0.25) is 0 Å². The minimum atomic E-state index is -0.637. The Labute approximate surface area is 120 Å². The summed E-state index contributed by atoms with van der Waals surface area (Å²) in [6.07, 6.45) is 1.42. The summed E-state index contributed by atoms with van der Waals surface area (Å²) in [5.41, 5.74) is 1.01. The molecule has 0 unspecified atom stereocenters. The summed E-state index contributed by atoms with van der Waals surface area (Å²) < 4.78 is 4.64. The summed E-state index contributed by atoms with van der Waals surface area (Å²) >= 11 is 0. The molecule has 0 aliphatic carbocycles. The van der Waals surface area contributed by atoms with Gasteiger partial charge in [-0.3, -0.25) is 14.9 Å². The molecule has 1 aromatic rings. The third-order valence-corrected chi connectivity index (χ3v) is 2.97. The number of rotatable bonds is 3. The summed E-state index contributed by atoms with van der Waals surface area (Å²) in [6, 6.07) is 5.78. The Kier molecular flexibility index (Phi) is 3.84. The van der Waals surface area contributed by atoms with Crippen LogP contribution in [0.5, 0.6) is 0 Å². The van der Waals surface area contributed by atoms with Crippen LogP contribution in [-0.2, 0) is 14.3 Å². The smallest absolute Gasteiger partial charge is 0.340 e. The number of non-ortho nitro benzene ring substituents is 1. The van der Waals surface area contributed by atoms with Crippen molar-refractivity contribution in [1.82, 2.24) is 5.32 Å². The van der Waals surface area contributed by atoms with Crippen molar-refractivity contribution in [3.05, 3.63) is 56.8 Å². The summed E-state index contributed by atoms with van der Waals surface area (Å²) in [5.74, 6) is -1.08. The lowest BCUT2D eigenvalue weighted by Gasteiger charge is -2.02. The molecule has 1 heterocycles. The van der Waals surface area contributed by atoms with Crippen LogP contribution in [0.3, 0.4) is 0 Å². The van der Waals surface area contributed by atoms with E-state index in [0.29, 0.717) is 11.3 Å². The van der Waals surface area contributed by atoms with Gasteiger partial charge in [-0.05, 0) is 18.6 Å². The number of carbonyl (C=O) groups excluding carboxylic acids is 2. The largest absolute Gasteiger partial charge is 0.465 e. The molecular formula is C14H12N2O5. The first-order chi connectivity index (χ1) is 9.93. The van der Waals surface area contributed by atoms with Crippen LogP contribution in [0.15, 0.2) is 41.1 Å². The molecule has 0 fully saturated rings. The number of amides is 1. The van der Waals surface area contributed by atoms with Crippen molar-refractivity contribution < 1.29 is 19.2 Å². The first-order valence-electron chi connectivity index (χ1n) is 6.01. The minimum absolute atomic E-state index is 0.0944. The molecule has 0 radical (unpaired) electrons. The van der Waals surface area contributed by atoms with Gasteiger partial charge in [0.15, 0.2) is 0 Å². The van der Waals surface area contributed by atoms with Crippen LogP contribution in [0.25, 0.3) is 6.08 Å². The van der Waals surface area contributed by atoms with E-state index in [1.54, 1.807) is 13.0 Å². The molecule has 108 valence electrons. The maximum atomic E-state index is 11.9. The van der Waals surface area contributed by atoms with E-state index in [4.69, 9.17) is 0 Å². The fraction of sp³-hybridized carbons (Fsp3) is 0.143. The molecule has 0 bridgehead atoms. The number of nitrogens with zero attached hydrogens (tertiary/aromatic N) is 1. The second-order valence-corrected chi connectivity index (χ2v) is 4.36. The molecule has 1 aromatic carbocycles. The average Bonchev–Trinajstić information content (AvgIpc) is 2.73. The van der Waals surface area contributed by atoms with Crippen molar-refractivity contribution in [1.29, 1.82) is 0 Å². The first kappa shape index (κ1) is 14.4. The van der Waals surface area contributed by atoms with Crippen LogP contribution in [0, 0.1) is 10.1 Å². The summed E-state index contributed by atoms with van der Waals surface area (Å²) in [7, 11) is 1.22. The zero-order chi connectivity index (χ0) is 15.6. The molecule has 1 aliphatic heterocycles. The number of hydrogen-bond donors (Lipinski definition) is 1. The number of esters is 1. The summed E-state index contributed by atoms with van der Waals surface area (Å²) in [6.45, 7) is 1.58. The molecule has 0 aromatic heterocycles.